The summed E-state index contributed by atoms with van der Waals surface area (Å²) in [6.07, 6.45) is 2.38. The lowest BCUT2D eigenvalue weighted by atomic mass is 9.92. The number of ketones is 1. The third kappa shape index (κ3) is 2.77. The number of hydrogen-bond acceptors (Lipinski definition) is 4. The van der Waals surface area contributed by atoms with Gasteiger partial charge in [-0.3, -0.25) is 4.79 Å². The molecule has 1 aliphatic carbocycles. The highest BCUT2D eigenvalue weighted by Gasteiger charge is 2.36. The molecule has 0 spiro atoms. The highest BCUT2D eigenvalue weighted by atomic mass is 16.5. The van der Waals surface area contributed by atoms with E-state index in [9.17, 15) is 9.90 Å². The molecule has 0 saturated carbocycles. The standard InChI is InChI=1S/C13H14O4/c1-9(2)5-6-13(15)8-11(17-4)10(16-3)7-12(13)14/h7-8,15H,1H2,2-4H3. The lowest BCUT2D eigenvalue weighted by molar-refractivity contribution is -0.124. The van der Waals surface area contributed by atoms with Gasteiger partial charge in [-0.15, -0.1) is 0 Å². The third-order valence-electron chi connectivity index (χ3n) is 2.13. The molecule has 90 valence electrons. The van der Waals surface area contributed by atoms with Crippen molar-refractivity contribution in [2.24, 2.45) is 0 Å². The maximum atomic E-state index is 11.7. The van der Waals surface area contributed by atoms with E-state index in [1.807, 2.05) is 0 Å². The Morgan fingerprint density at radius 1 is 1.41 bits per heavy atom. The van der Waals surface area contributed by atoms with Gasteiger partial charge in [0.1, 0.15) is 0 Å². The van der Waals surface area contributed by atoms with E-state index < -0.39 is 11.4 Å². The van der Waals surface area contributed by atoms with Gasteiger partial charge >= 0.3 is 0 Å². The molecule has 0 radical (unpaired) electrons. The summed E-state index contributed by atoms with van der Waals surface area (Å²) in [6, 6.07) is 0. The Kier molecular flexibility index (Phi) is 3.77. The fourth-order valence-electron chi connectivity index (χ4n) is 1.25. The van der Waals surface area contributed by atoms with Gasteiger partial charge in [0.2, 0.25) is 11.4 Å². The van der Waals surface area contributed by atoms with Gasteiger partial charge in [-0.05, 0) is 12.5 Å². The number of rotatable bonds is 2. The van der Waals surface area contributed by atoms with Crippen molar-refractivity contribution in [3.05, 3.63) is 35.8 Å². The van der Waals surface area contributed by atoms with Crippen LogP contribution in [0.15, 0.2) is 35.8 Å². The summed E-state index contributed by atoms with van der Waals surface area (Å²) in [5, 5.41) is 10.1. The van der Waals surface area contributed by atoms with Crippen LogP contribution in [-0.2, 0) is 14.3 Å². The number of allylic oxidation sites excluding steroid dienone is 1. The second-order valence-corrected chi connectivity index (χ2v) is 3.59. The number of ether oxygens (including phenoxy) is 2. The zero-order valence-corrected chi connectivity index (χ0v) is 10.0. The van der Waals surface area contributed by atoms with Crippen molar-refractivity contribution in [2.75, 3.05) is 14.2 Å². The molecule has 0 aromatic heterocycles. The minimum Gasteiger partial charge on any atom is -0.493 e. The van der Waals surface area contributed by atoms with Gasteiger partial charge in [-0.25, -0.2) is 0 Å². The monoisotopic (exact) mass is 234 g/mol. The predicted molar refractivity (Wildman–Crippen MR) is 62.7 cm³/mol. The van der Waals surface area contributed by atoms with E-state index in [2.05, 4.69) is 18.4 Å². The number of hydrogen-bond donors (Lipinski definition) is 1. The fourth-order valence-corrected chi connectivity index (χ4v) is 1.25. The van der Waals surface area contributed by atoms with E-state index >= 15 is 0 Å². The molecule has 1 aliphatic rings. The van der Waals surface area contributed by atoms with Crippen molar-refractivity contribution in [1.29, 1.82) is 0 Å². The normalized spacial score (nSPS) is 22.9. The van der Waals surface area contributed by atoms with E-state index in [1.54, 1.807) is 6.92 Å². The smallest absolute Gasteiger partial charge is 0.212 e. The van der Waals surface area contributed by atoms with Gasteiger partial charge < -0.3 is 14.6 Å². The molecule has 0 heterocycles. The van der Waals surface area contributed by atoms with Crippen LogP contribution >= 0.6 is 0 Å². The SMILES string of the molecule is C=C(C)C#CC1(O)C=C(OC)C(OC)=CC1=O. The van der Waals surface area contributed by atoms with Crippen LogP contribution in [0.2, 0.25) is 0 Å². The van der Waals surface area contributed by atoms with Crippen LogP contribution in [0.3, 0.4) is 0 Å². The minimum absolute atomic E-state index is 0.263. The molecule has 17 heavy (non-hydrogen) atoms. The predicted octanol–water partition coefficient (Wildman–Crippen LogP) is 0.940. The van der Waals surface area contributed by atoms with Gasteiger partial charge in [0, 0.05) is 12.2 Å². The Bertz CT molecular complexity index is 473. The Hall–Kier alpha value is -1.99. The van der Waals surface area contributed by atoms with Crippen molar-refractivity contribution in [3.63, 3.8) is 0 Å². The highest BCUT2D eigenvalue weighted by molar-refractivity contribution is 6.03. The number of carbonyl (C=O) groups is 1. The molecule has 0 bridgehead atoms. The summed E-state index contributed by atoms with van der Waals surface area (Å²) in [4.78, 5) is 11.7. The number of carbonyl (C=O) groups excluding carboxylic acids is 1. The molecule has 0 saturated heterocycles. The summed E-state index contributed by atoms with van der Waals surface area (Å²) >= 11 is 0. The molecule has 0 aliphatic heterocycles. The molecule has 0 aromatic carbocycles. The largest absolute Gasteiger partial charge is 0.493 e. The van der Waals surface area contributed by atoms with Crippen LogP contribution in [0.1, 0.15) is 6.92 Å². The lowest BCUT2D eigenvalue weighted by Gasteiger charge is -2.22. The number of aliphatic hydroxyl groups is 1. The molecule has 1 unspecified atom stereocenters. The zero-order chi connectivity index (χ0) is 13.1. The average Bonchev–Trinajstić information content (AvgIpc) is 2.29. The summed E-state index contributed by atoms with van der Waals surface area (Å²) in [5.74, 6) is 5.00. The summed E-state index contributed by atoms with van der Waals surface area (Å²) in [5.41, 5.74) is -1.33. The molecule has 1 atom stereocenters. The summed E-state index contributed by atoms with van der Waals surface area (Å²) in [6.45, 7) is 5.26. The average molecular weight is 234 g/mol. The first kappa shape index (κ1) is 13.1. The van der Waals surface area contributed by atoms with Gasteiger partial charge in [-0.2, -0.15) is 0 Å². The van der Waals surface area contributed by atoms with Crippen LogP contribution in [0, 0.1) is 11.8 Å². The van der Waals surface area contributed by atoms with Crippen molar-refractivity contribution in [3.8, 4) is 11.8 Å². The second kappa shape index (κ2) is 4.89. The van der Waals surface area contributed by atoms with E-state index in [0.717, 1.165) is 6.08 Å². The van der Waals surface area contributed by atoms with Gasteiger partial charge in [0.05, 0.1) is 14.2 Å². The molecular weight excluding hydrogens is 220 g/mol. The van der Waals surface area contributed by atoms with Crippen LogP contribution in [0.5, 0.6) is 0 Å². The molecular formula is C13H14O4. The van der Waals surface area contributed by atoms with E-state index in [1.165, 1.54) is 20.3 Å². The van der Waals surface area contributed by atoms with Crippen molar-refractivity contribution in [1.82, 2.24) is 0 Å². The molecule has 1 N–H and O–H groups in total. The second-order valence-electron chi connectivity index (χ2n) is 3.59. The Balaban J connectivity index is 3.18. The van der Waals surface area contributed by atoms with Gasteiger partial charge in [0.25, 0.3) is 0 Å². The molecule has 0 aromatic rings. The van der Waals surface area contributed by atoms with Crippen molar-refractivity contribution >= 4 is 5.78 Å². The van der Waals surface area contributed by atoms with E-state index in [-0.39, 0.29) is 11.5 Å². The molecule has 4 heteroatoms. The molecule has 4 nitrogen and oxygen atoms in total. The molecule has 1 rings (SSSR count). The summed E-state index contributed by atoms with van der Waals surface area (Å²) < 4.78 is 9.96. The van der Waals surface area contributed by atoms with E-state index in [4.69, 9.17) is 9.47 Å². The fraction of sp³-hybridized carbons (Fsp3) is 0.308. The topological polar surface area (TPSA) is 55.8 Å². The Labute approximate surface area is 100 Å². The highest BCUT2D eigenvalue weighted by Crippen LogP contribution is 2.24. The maximum Gasteiger partial charge on any atom is 0.212 e. The summed E-state index contributed by atoms with van der Waals surface area (Å²) in [7, 11) is 2.83. The van der Waals surface area contributed by atoms with Crippen molar-refractivity contribution in [2.45, 2.75) is 12.5 Å². The quantitative estimate of drug-likeness (QED) is 0.722. The van der Waals surface area contributed by atoms with E-state index in [0.29, 0.717) is 5.57 Å². The van der Waals surface area contributed by atoms with Gasteiger partial charge in [0.15, 0.2) is 11.5 Å². The van der Waals surface area contributed by atoms with Gasteiger partial charge in [-0.1, -0.05) is 18.4 Å². The van der Waals surface area contributed by atoms with Crippen LogP contribution in [0.4, 0.5) is 0 Å². The first-order chi connectivity index (χ1) is 7.92. The number of methoxy groups -OCH3 is 2. The Morgan fingerprint density at radius 2 is 2.00 bits per heavy atom. The third-order valence-corrected chi connectivity index (χ3v) is 2.13. The minimum atomic E-state index is -1.88. The molecule has 0 amide bonds. The first-order valence-corrected chi connectivity index (χ1v) is 4.91. The van der Waals surface area contributed by atoms with Crippen molar-refractivity contribution < 1.29 is 19.4 Å². The lowest BCUT2D eigenvalue weighted by Crippen LogP contribution is -2.37. The molecule has 0 fully saturated rings. The van der Waals surface area contributed by atoms with Crippen LogP contribution in [0.25, 0.3) is 0 Å². The maximum absolute atomic E-state index is 11.7. The van der Waals surface area contributed by atoms with Crippen LogP contribution < -0.4 is 0 Å². The first-order valence-electron chi connectivity index (χ1n) is 4.91. The Morgan fingerprint density at radius 3 is 2.47 bits per heavy atom. The zero-order valence-electron chi connectivity index (χ0n) is 10.0. The van der Waals surface area contributed by atoms with Crippen LogP contribution in [-0.4, -0.2) is 30.7 Å².